The van der Waals surface area contributed by atoms with Crippen LogP contribution in [-0.2, 0) is 11.2 Å². The number of ether oxygens (including phenoxy) is 1. The molecule has 2 heterocycles. The van der Waals surface area contributed by atoms with Crippen molar-refractivity contribution < 1.29 is 19.1 Å². The summed E-state index contributed by atoms with van der Waals surface area (Å²) < 4.78 is 11.8. The zero-order valence-corrected chi connectivity index (χ0v) is 18.7. The number of nitrogens with zero attached hydrogens (tertiary/aromatic N) is 1. The molecule has 1 saturated heterocycles. The summed E-state index contributed by atoms with van der Waals surface area (Å²) >= 11 is 0. The van der Waals surface area contributed by atoms with E-state index >= 15 is 0 Å². The van der Waals surface area contributed by atoms with Crippen LogP contribution in [0.1, 0.15) is 23.9 Å². The number of carboxylic acids is 1. The average molecular weight is 455 g/mol. The molecule has 0 aliphatic carbocycles. The highest BCUT2D eigenvalue weighted by Crippen LogP contribution is 2.38. The van der Waals surface area contributed by atoms with Crippen molar-refractivity contribution in [1.29, 1.82) is 0 Å². The summed E-state index contributed by atoms with van der Waals surface area (Å²) in [6.45, 7) is 0.534. The van der Waals surface area contributed by atoms with Crippen LogP contribution in [0.4, 0.5) is 0 Å². The number of aliphatic carboxylic acids is 1. The van der Waals surface area contributed by atoms with E-state index in [4.69, 9.17) is 19.2 Å². The smallest absolute Gasteiger partial charge is 0.341 e. The van der Waals surface area contributed by atoms with Crippen molar-refractivity contribution in [2.45, 2.75) is 18.9 Å². The van der Waals surface area contributed by atoms with E-state index in [2.05, 4.69) is 17.4 Å². The average Bonchev–Trinajstić information content (AvgIpc) is 3.51. The lowest BCUT2D eigenvalue weighted by Crippen LogP contribution is -2.19. The van der Waals surface area contributed by atoms with Crippen LogP contribution in [0, 0.1) is 5.92 Å². The molecule has 1 aromatic heterocycles. The highest BCUT2D eigenvalue weighted by atomic mass is 16.5. The maximum absolute atomic E-state index is 10.8. The maximum Gasteiger partial charge on any atom is 0.341 e. The number of hydrogen-bond donors (Lipinski definition) is 2. The summed E-state index contributed by atoms with van der Waals surface area (Å²) in [7, 11) is 0. The first-order valence-corrected chi connectivity index (χ1v) is 11.5. The molecule has 1 aliphatic rings. The van der Waals surface area contributed by atoms with Crippen molar-refractivity contribution in [3.05, 3.63) is 96.4 Å². The number of carbonyl (C=O) groups is 1. The van der Waals surface area contributed by atoms with E-state index in [9.17, 15) is 4.79 Å². The number of carboxylic acid groups (broad SMARTS) is 1. The number of rotatable bonds is 8. The first kappa shape index (κ1) is 21.9. The van der Waals surface area contributed by atoms with Crippen LogP contribution in [0.15, 0.2) is 89.3 Å². The molecule has 2 unspecified atom stereocenters. The third kappa shape index (κ3) is 4.87. The molecule has 0 spiro atoms. The Morgan fingerprint density at radius 3 is 2.47 bits per heavy atom. The fourth-order valence-corrected chi connectivity index (χ4v) is 4.52. The summed E-state index contributed by atoms with van der Waals surface area (Å²) in [6, 6.07) is 27.8. The Morgan fingerprint density at radius 1 is 1.00 bits per heavy atom. The predicted molar refractivity (Wildman–Crippen MR) is 130 cm³/mol. The van der Waals surface area contributed by atoms with Gasteiger partial charge in [0.2, 0.25) is 5.89 Å². The van der Waals surface area contributed by atoms with Crippen molar-refractivity contribution in [3.63, 3.8) is 0 Å². The van der Waals surface area contributed by atoms with Crippen molar-refractivity contribution >= 4 is 5.97 Å². The first-order chi connectivity index (χ1) is 16.7. The Kier molecular flexibility index (Phi) is 6.40. The van der Waals surface area contributed by atoms with Gasteiger partial charge in [0.1, 0.15) is 11.4 Å². The van der Waals surface area contributed by atoms with Gasteiger partial charge in [-0.25, -0.2) is 9.78 Å². The zero-order valence-electron chi connectivity index (χ0n) is 18.7. The molecule has 4 aromatic rings. The van der Waals surface area contributed by atoms with Gasteiger partial charge in [-0.1, -0.05) is 72.8 Å². The van der Waals surface area contributed by atoms with Crippen LogP contribution < -0.4 is 10.1 Å². The lowest BCUT2D eigenvalue weighted by Gasteiger charge is -2.17. The van der Waals surface area contributed by atoms with E-state index < -0.39 is 5.97 Å². The summed E-state index contributed by atoms with van der Waals surface area (Å²) in [6.07, 6.45) is 1.81. The van der Waals surface area contributed by atoms with Gasteiger partial charge in [-0.2, -0.15) is 0 Å². The Balaban J connectivity index is 1.43. The minimum absolute atomic E-state index is 0.0106. The molecule has 3 aromatic carbocycles. The fourth-order valence-electron chi connectivity index (χ4n) is 4.52. The Bertz CT molecular complexity index is 1200. The van der Waals surface area contributed by atoms with Crippen LogP contribution in [0.3, 0.4) is 0 Å². The molecule has 6 nitrogen and oxygen atoms in total. The van der Waals surface area contributed by atoms with Crippen molar-refractivity contribution in [2.75, 3.05) is 13.2 Å². The van der Waals surface area contributed by atoms with E-state index in [1.165, 1.54) is 0 Å². The molecule has 5 rings (SSSR count). The van der Waals surface area contributed by atoms with Gasteiger partial charge in [-0.3, -0.25) is 0 Å². The van der Waals surface area contributed by atoms with Gasteiger partial charge in [-0.15, -0.1) is 0 Å². The van der Waals surface area contributed by atoms with E-state index in [1.54, 1.807) is 6.07 Å². The summed E-state index contributed by atoms with van der Waals surface area (Å²) in [5.41, 5.74) is 3.96. The molecule has 0 saturated carbocycles. The van der Waals surface area contributed by atoms with Gasteiger partial charge >= 0.3 is 5.97 Å². The Morgan fingerprint density at radius 2 is 1.74 bits per heavy atom. The number of hydrogen-bond acceptors (Lipinski definition) is 5. The number of nitrogens with one attached hydrogen (secondary N) is 1. The lowest BCUT2D eigenvalue weighted by atomic mass is 9.92. The molecule has 1 aliphatic heterocycles. The molecule has 2 N–H and O–H groups in total. The molecule has 0 bridgehead atoms. The number of oxazole rings is 1. The van der Waals surface area contributed by atoms with Crippen LogP contribution in [0.5, 0.6) is 5.75 Å². The number of aromatic nitrogens is 1. The van der Waals surface area contributed by atoms with Gasteiger partial charge in [-0.05, 0) is 43.0 Å². The quantitative estimate of drug-likeness (QED) is 0.373. The standard InChI is InChI=1S/C28H26N2O4/c31-24(32)18-33-23-13-7-8-19(17-23)16-22-14-15-29-26(22)28-30-25(20-9-3-1-4-10-20)27(34-28)21-11-5-2-6-12-21/h1-13,17,22,26,29H,14-16,18H2,(H,31,32). The molecular formula is C28H26N2O4. The maximum atomic E-state index is 10.8. The number of benzene rings is 3. The summed E-state index contributed by atoms with van der Waals surface area (Å²) in [5.74, 6) is 1.34. The Labute approximate surface area is 198 Å². The van der Waals surface area contributed by atoms with Crippen LogP contribution >= 0.6 is 0 Å². The normalized spacial score (nSPS) is 17.5. The van der Waals surface area contributed by atoms with Gasteiger partial charge < -0.3 is 19.6 Å². The first-order valence-electron chi connectivity index (χ1n) is 11.5. The van der Waals surface area contributed by atoms with Crippen LogP contribution in [0.2, 0.25) is 0 Å². The second-order valence-electron chi connectivity index (χ2n) is 8.48. The molecular weight excluding hydrogens is 428 g/mol. The van der Waals surface area contributed by atoms with E-state index in [1.807, 2.05) is 66.7 Å². The minimum atomic E-state index is -0.988. The summed E-state index contributed by atoms with van der Waals surface area (Å²) in [5, 5.41) is 12.4. The van der Waals surface area contributed by atoms with E-state index in [0.717, 1.165) is 47.5 Å². The van der Waals surface area contributed by atoms with Gasteiger partial charge in [0.15, 0.2) is 12.4 Å². The van der Waals surface area contributed by atoms with Crippen molar-refractivity contribution in [2.24, 2.45) is 5.92 Å². The van der Waals surface area contributed by atoms with Crippen LogP contribution in [-0.4, -0.2) is 29.2 Å². The van der Waals surface area contributed by atoms with Gasteiger partial charge in [0.25, 0.3) is 0 Å². The molecule has 2 atom stereocenters. The van der Waals surface area contributed by atoms with E-state index in [0.29, 0.717) is 17.6 Å². The van der Waals surface area contributed by atoms with Crippen molar-refractivity contribution in [1.82, 2.24) is 10.3 Å². The molecule has 6 heteroatoms. The lowest BCUT2D eigenvalue weighted by molar-refractivity contribution is -0.139. The third-order valence-electron chi connectivity index (χ3n) is 6.10. The highest BCUT2D eigenvalue weighted by Gasteiger charge is 2.33. The molecule has 0 radical (unpaired) electrons. The molecule has 34 heavy (non-hydrogen) atoms. The van der Waals surface area contributed by atoms with Gasteiger partial charge in [0, 0.05) is 11.1 Å². The Hall–Kier alpha value is -3.90. The monoisotopic (exact) mass is 454 g/mol. The van der Waals surface area contributed by atoms with Crippen LogP contribution in [0.25, 0.3) is 22.6 Å². The third-order valence-corrected chi connectivity index (χ3v) is 6.10. The predicted octanol–water partition coefficient (Wildman–Crippen LogP) is 5.37. The molecule has 172 valence electrons. The topological polar surface area (TPSA) is 84.6 Å². The summed E-state index contributed by atoms with van der Waals surface area (Å²) in [4.78, 5) is 15.8. The van der Waals surface area contributed by atoms with Crippen molar-refractivity contribution in [3.8, 4) is 28.3 Å². The SMILES string of the molecule is O=C(O)COc1cccc(CC2CCNC2c2nc(-c3ccccc3)c(-c3ccccc3)o2)c1. The highest BCUT2D eigenvalue weighted by molar-refractivity contribution is 5.76. The largest absolute Gasteiger partial charge is 0.482 e. The zero-order chi connectivity index (χ0) is 23.3. The van der Waals surface area contributed by atoms with E-state index in [-0.39, 0.29) is 12.6 Å². The molecule has 0 amide bonds. The second kappa shape index (κ2) is 9.93. The van der Waals surface area contributed by atoms with Gasteiger partial charge in [0.05, 0.1) is 6.04 Å². The molecule has 1 fully saturated rings. The fraction of sp³-hybridized carbons (Fsp3) is 0.214. The second-order valence-corrected chi connectivity index (χ2v) is 8.48. The minimum Gasteiger partial charge on any atom is -0.482 e.